The molecule has 0 radical (unpaired) electrons. The van der Waals surface area contributed by atoms with Crippen LogP contribution in [-0.2, 0) is 15.7 Å². The van der Waals surface area contributed by atoms with Gasteiger partial charge in [-0.05, 0) is 49.4 Å². The van der Waals surface area contributed by atoms with Crippen molar-refractivity contribution in [3.63, 3.8) is 0 Å². The Bertz CT molecular complexity index is 769. The van der Waals surface area contributed by atoms with E-state index in [1.54, 1.807) is 0 Å². The van der Waals surface area contributed by atoms with Gasteiger partial charge in [0.25, 0.3) is 0 Å². The van der Waals surface area contributed by atoms with Crippen molar-refractivity contribution in [3.05, 3.63) is 72.8 Å². The SMILES string of the molecule is C=C1C2CCC(C(=O)[S+](c3ccccc3)c3ccccc3)(C2)C1(C)C. The summed E-state index contributed by atoms with van der Waals surface area (Å²) in [6, 6.07) is 20.6. The molecule has 25 heavy (non-hydrogen) atoms. The smallest absolute Gasteiger partial charge is 0.236 e. The summed E-state index contributed by atoms with van der Waals surface area (Å²) in [6.07, 6.45) is 3.11. The van der Waals surface area contributed by atoms with E-state index in [0.29, 0.717) is 11.0 Å². The van der Waals surface area contributed by atoms with Gasteiger partial charge in [-0.25, -0.2) is 4.79 Å². The van der Waals surface area contributed by atoms with Crippen molar-refractivity contribution in [2.45, 2.75) is 42.9 Å². The van der Waals surface area contributed by atoms with Gasteiger partial charge in [0, 0.05) is 5.41 Å². The van der Waals surface area contributed by atoms with E-state index in [9.17, 15) is 4.79 Å². The highest BCUT2D eigenvalue weighted by Crippen LogP contribution is 2.67. The zero-order valence-corrected chi connectivity index (χ0v) is 15.8. The Hall–Kier alpha value is -1.80. The van der Waals surface area contributed by atoms with E-state index in [4.69, 9.17) is 0 Å². The highest BCUT2D eigenvalue weighted by atomic mass is 32.2. The van der Waals surface area contributed by atoms with Crippen LogP contribution in [0.1, 0.15) is 33.1 Å². The van der Waals surface area contributed by atoms with Crippen molar-refractivity contribution in [3.8, 4) is 0 Å². The standard InChI is InChI=1S/C23H25OS/c1-17-18-14-15-23(16-18,22(17,2)3)21(24)25(19-10-6-4-7-11-19)20-12-8-5-9-13-20/h4-13,18H,1,14-16H2,2-3H3/q+1. The maximum atomic E-state index is 14.1. The zero-order valence-electron chi connectivity index (χ0n) is 15.0. The van der Waals surface area contributed by atoms with Gasteiger partial charge in [0.1, 0.15) is 10.9 Å². The Balaban J connectivity index is 1.84. The van der Waals surface area contributed by atoms with Crippen molar-refractivity contribution in [1.29, 1.82) is 0 Å². The number of hydrogen-bond acceptors (Lipinski definition) is 1. The molecule has 2 bridgehead atoms. The number of fused-ring (bicyclic) bond motifs is 2. The second-order valence-corrected chi connectivity index (χ2v) is 9.82. The molecule has 2 heteroatoms. The van der Waals surface area contributed by atoms with Crippen molar-refractivity contribution in [2.24, 2.45) is 16.7 Å². The second-order valence-electron chi connectivity index (χ2n) is 7.89. The minimum absolute atomic E-state index is 0.109. The predicted molar refractivity (Wildman–Crippen MR) is 104 cm³/mol. The Morgan fingerprint density at radius 3 is 1.96 bits per heavy atom. The van der Waals surface area contributed by atoms with Crippen LogP contribution in [0.2, 0.25) is 0 Å². The van der Waals surface area contributed by atoms with Gasteiger partial charge in [-0.15, -0.1) is 0 Å². The molecular formula is C23H25OS+. The molecule has 0 spiro atoms. The summed E-state index contributed by atoms with van der Waals surface area (Å²) < 4.78 is 0. The molecule has 0 N–H and O–H groups in total. The van der Waals surface area contributed by atoms with E-state index in [1.807, 2.05) is 36.4 Å². The maximum absolute atomic E-state index is 14.1. The molecule has 2 atom stereocenters. The summed E-state index contributed by atoms with van der Waals surface area (Å²) in [7, 11) is -0.540. The number of carbonyl (C=O) groups is 1. The summed E-state index contributed by atoms with van der Waals surface area (Å²) >= 11 is 0. The van der Waals surface area contributed by atoms with Gasteiger partial charge in [0.15, 0.2) is 9.79 Å². The van der Waals surface area contributed by atoms with Gasteiger partial charge >= 0.3 is 5.12 Å². The fourth-order valence-electron chi connectivity index (χ4n) is 4.83. The average molecular weight is 350 g/mol. The first-order valence-corrected chi connectivity index (χ1v) is 10.3. The Kier molecular flexibility index (Phi) is 3.92. The lowest BCUT2D eigenvalue weighted by Crippen LogP contribution is -2.44. The van der Waals surface area contributed by atoms with Crippen molar-refractivity contribution in [2.75, 3.05) is 0 Å². The van der Waals surface area contributed by atoms with Crippen LogP contribution in [-0.4, -0.2) is 5.12 Å². The third kappa shape index (κ3) is 2.34. The minimum atomic E-state index is -0.540. The van der Waals surface area contributed by atoms with Crippen LogP contribution < -0.4 is 0 Å². The molecule has 4 rings (SSSR count). The molecule has 2 aliphatic carbocycles. The van der Waals surface area contributed by atoms with Crippen molar-refractivity contribution in [1.82, 2.24) is 0 Å². The summed E-state index contributed by atoms with van der Waals surface area (Å²) in [5.41, 5.74) is 0.919. The largest absolute Gasteiger partial charge is 0.349 e. The molecule has 128 valence electrons. The first-order valence-electron chi connectivity index (χ1n) is 9.05. The third-order valence-electron chi connectivity index (χ3n) is 6.54. The lowest BCUT2D eigenvalue weighted by molar-refractivity contribution is -0.123. The minimum Gasteiger partial charge on any atom is -0.236 e. The zero-order chi connectivity index (χ0) is 17.7. The summed E-state index contributed by atoms with van der Waals surface area (Å²) in [4.78, 5) is 16.3. The number of allylic oxidation sites excluding steroid dienone is 1. The summed E-state index contributed by atoms with van der Waals surface area (Å²) in [5, 5.41) is 0.413. The van der Waals surface area contributed by atoms with Crippen LogP contribution in [0.25, 0.3) is 0 Å². The predicted octanol–water partition coefficient (Wildman–Crippen LogP) is 5.63. The summed E-state index contributed by atoms with van der Waals surface area (Å²) in [5.74, 6) is 0.524. The van der Waals surface area contributed by atoms with E-state index in [1.165, 1.54) is 5.57 Å². The van der Waals surface area contributed by atoms with Gasteiger partial charge in [-0.3, -0.25) is 0 Å². The molecule has 2 aliphatic rings. The normalized spacial score (nSPS) is 27.0. The first-order chi connectivity index (χ1) is 12.0. The van der Waals surface area contributed by atoms with E-state index in [2.05, 4.69) is 44.7 Å². The maximum Gasteiger partial charge on any atom is 0.349 e. The van der Waals surface area contributed by atoms with Crippen LogP contribution in [0.5, 0.6) is 0 Å². The molecular weight excluding hydrogens is 324 g/mol. The molecule has 2 aromatic carbocycles. The second kappa shape index (κ2) is 5.88. The number of hydrogen-bond donors (Lipinski definition) is 0. The van der Waals surface area contributed by atoms with E-state index in [0.717, 1.165) is 29.1 Å². The molecule has 0 heterocycles. The molecule has 2 unspecified atom stereocenters. The molecule has 2 saturated carbocycles. The van der Waals surface area contributed by atoms with Crippen molar-refractivity contribution < 1.29 is 4.79 Å². The molecule has 0 saturated heterocycles. The van der Waals surface area contributed by atoms with Crippen LogP contribution in [0.4, 0.5) is 0 Å². The number of carbonyl (C=O) groups excluding carboxylic acids is 1. The molecule has 2 aromatic rings. The quantitative estimate of drug-likeness (QED) is 0.518. The van der Waals surface area contributed by atoms with Gasteiger partial charge in [-0.2, -0.15) is 0 Å². The fourth-order valence-corrected chi connectivity index (χ4v) is 7.22. The molecule has 0 aliphatic heterocycles. The van der Waals surface area contributed by atoms with E-state index >= 15 is 0 Å². The lowest BCUT2D eigenvalue weighted by Gasteiger charge is -2.40. The fraction of sp³-hybridized carbons (Fsp3) is 0.348. The van der Waals surface area contributed by atoms with E-state index < -0.39 is 10.9 Å². The Morgan fingerprint density at radius 1 is 1.00 bits per heavy atom. The number of benzene rings is 2. The Morgan fingerprint density at radius 2 is 1.52 bits per heavy atom. The molecule has 0 aromatic heterocycles. The van der Waals surface area contributed by atoms with Gasteiger partial charge in [0.2, 0.25) is 0 Å². The summed E-state index contributed by atoms with van der Waals surface area (Å²) in [6.45, 7) is 8.85. The Labute approximate surface area is 153 Å². The van der Waals surface area contributed by atoms with Crippen LogP contribution in [0.15, 0.2) is 82.6 Å². The van der Waals surface area contributed by atoms with Crippen LogP contribution in [0.3, 0.4) is 0 Å². The lowest BCUT2D eigenvalue weighted by atomic mass is 9.64. The topological polar surface area (TPSA) is 17.1 Å². The highest BCUT2D eigenvalue weighted by Gasteiger charge is 2.67. The molecule has 1 nitrogen and oxygen atoms in total. The van der Waals surface area contributed by atoms with E-state index in [-0.39, 0.29) is 10.8 Å². The molecule has 2 fully saturated rings. The van der Waals surface area contributed by atoms with Crippen LogP contribution >= 0.6 is 0 Å². The third-order valence-corrected chi connectivity index (χ3v) is 8.79. The average Bonchev–Trinajstić information content (AvgIpc) is 3.16. The monoisotopic (exact) mass is 349 g/mol. The first kappa shape index (κ1) is 16.7. The highest BCUT2D eigenvalue weighted by molar-refractivity contribution is 8.11. The molecule has 0 amide bonds. The van der Waals surface area contributed by atoms with Gasteiger partial charge in [0.05, 0.1) is 5.41 Å². The van der Waals surface area contributed by atoms with Crippen molar-refractivity contribution >= 4 is 16.0 Å². The van der Waals surface area contributed by atoms with Gasteiger partial charge < -0.3 is 0 Å². The van der Waals surface area contributed by atoms with Gasteiger partial charge in [-0.1, -0.05) is 62.4 Å². The van der Waals surface area contributed by atoms with Crippen LogP contribution in [0, 0.1) is 16.7 Å². The number of rotatable bonds is 3.